The van der Waals surface area contributed by atoms with Crippen molar-refractivity contribution >= 4 is 28.2 Å². The molecular weight excluding hydrogens is 287 g/mol. The zero-order valence-corrected chi connectivity index (χ0v) is 12.2. The van der Waals surface area contributed by atoms with Gasteiger partial charge in [0, 0.05) is 17.1 Å². The van der Waals surface area contributed by atoms with Crippen LogP contribution >= 0.6 is 11.6 Å². The first kappa shape index (κ1) is 13.8. The molecule has 4 heteroatoms. The van der Waals surface area contributed by atoms with Crippen LogP contribution in [0.15, 0.2) is 54.7 Å². The van der Waals surface area contributed by atoms with Crippen molar-refractivity contribution in [1.82, 2.24) is 4.98 Å². The minimum Gasteiger partial charge on any atom is -0.377 e. The van der Waals surface area contributed by atoms with E-state index < -0.39 is 0 Å². The zero-order valence-electron chi connectivity index (χ0n) is 11.5. The molecule has 0 saturated carbocycles. The number of nitrogens with zero attached hydrogens (tertiary/aromatic N) is 1. The standard InChI is InChI=1S/C17H14ClFN2/c1-11(12-6-2-4-8-15(12)19)21-17-13-7-3-5-9-16(13)20-10-14(17)18/h2-11H,1H3,(H,20,21)/t11-/m1/s1. The lowest BCUT2D eigenvalue weighted by Gasteiger charge is -2.18. The Morgan fingerprint density at radius 2 is 1.81 bits per heavy atom. The molecule has 0 aliphatic carbocycles. The number of anilines is 1. The molecule has 0 radical (unpaired) electrons. The molecule has 2 nitrogen and oxygen atoms in total. The predicted octanol–water partition coefficient (Wildman–Crippen LogP) is 5.20. The van der Waals surface area contributed by atoms with E-state index in [0.717, 1.165) is 16.6 Å². The third-order valence-electron chi connectivity index (χ3n) is 3.46. The lowest BCUT2D eigenvalue weighted by atomic mass is 10.1. The van der Waals surface area contributed by atoms with E-state index in [1.54, 1.807) is 18.3 Å². The quantitative estimate of drug-likeness (QED) is 0.719. The first-order valence-corrected chi connectivity index (χ1v) is 7.09. The van der Waals surface area contributed by atoms with Crippen LogP contribution in [-0.2, 0) is 0 Å². The van der Waals surface area contributed by atoms with Gasteiger partial charge in [0.2, 0.25) is 0 Å². The van der Waals surface area contributed by atoms with Gasteiger partial charge < -0.3 is 5.32 Å². The summed E-state index contributed by atoms with van der Waals surface area (Å²) in [4.78, 5) is 4.29. The van der Waals surface area contributed by atoms with Crippen molar-refractivity contribution in [3.05, 3.63) is 71.1 Å². The molecule has 3 rings (SSSR count). The molecule has 0 unspecified atom stereocenters. The van der Waals surface area contributed by atoms with Gasteiger partial charge in [-0.05, 0) is 19.1 Å². The molecule has 0 spiro atoms. The molecule has 106 valence electrons. The number of hydrogen-bond donors (Lipinski definition) is 1. The van der Waals surface area contributed by atoms with E-state index in [-0.39, 0.29) is 11.9 Å². The fraction of sp³-hybridized carbons (Fsp3) is 0.118. The Morgan fingerprint density at radius 1 is 1.10 bits per heavy atom. The number of nitrogens with one attached hydrogen (secondary N) is 1. The smallest absolute Gasteiger partial charge is 0.128 e. The summed E-state index contributed by atoms with van der Waals surface area (Å²) in [7, 11) is 0. The van der Waals surface area contributed by atoms with Crippen LogP contribution in [0.3, 0.4) is 0 Å². The van der Waals surface area contributed by atoms with Gasteiger partial charge in [0.15, 0.2) is 0 Å². The maximum absolute atomic E-state index is 13.9. The number of benzene rings is 2. The van der Waals surface area contributed by atoms with Crippen LogP contribution in [0.5, 0.6) is 0 Å². The average Bonchev–Trinajstić information content (AvgIpc) is 2.50. The van der Waals surface area contributed by atoms with Gasteiger partial charge in [-0.25, -0.2) is 4.39 Å². The summed E-state index contributed by atoms with van der Waals surface area (Å²) < 4.78 is 13.9. The molecule has 0 aliphatic rings. The van der Waals surface area contributed by atoms with Gasteiger partial charge in [-0.15, -0.1) is 0 Å². The molecule has 3 aromatic rings. The second-order valence-corrected chi connectivity index (χ2v) is 5.29. The van der Waals surface area contributed by atoms with Gasteiger partial charge in [0.1, 0.15) is 5.82 Å². The summed E-state index contributed by atoms with van der Waals surface area (Å²) in [6, 6.07) is 14.3. The SMILES string of the molecule is C[C@@H](Nc1c(Cl)cnc2ccccc12)c1ccccc1F. The van der Waals surface area contributed by atoms with Gasteiger partial charge in [0.25, 0.3) is 0 Å². The molecule has 21 heavy (non-hydrogen) atoms. The van der Waals surface area contributed by atoms with E-state index in [9.17, 15) is 4.39 Å². The van der Waals surface area contributed by atoms with Crippen LogP contribution in [0.2, 0.25) is 5.02 Å². The molecule has 0 aliphatic heterocycles. The number of halogens is 2. The highest BCUT2D eigenvalue weighted by Gasteiger charge is 2.14. The predicted molar refractivity (Wildman–Crippen MR) is 85.2 cm³/mol. The molecule has 1 aromatic heterocycles. The van der Waals surface area contributed by atoms with Gasteiger partial charge in [-0.1, -0.05) is 48.0 Å². The van der Waals surface area contributed by atoms with E-state index in [1.165, 1.54) is 6.07 Å². The Hall–Kier alpha value is -2.13. The second kappa shape index (κ2) is 5.70. The molecule has 1 N–H and O–H groups in total. The number of hydrogen-bond acceptors (Lipinski definition) is 2. The fourth-order valence-electron chi connectivity index (χ4n) is 2.38. The van der Waals surface area contributed by atoms with Crippen molar-refractivity contribution in [2.75, 3.05) is 5.32 Å². The highest BCUT2D eigenvalue weighted by Crippen LogP contribution is 2.32. The van der Waals surface area contributed by atoms with Crippen molar-refractivity contribution in [2.24, 2.45) is 0 Å². The summed E-state index contributed by atoms with van der Waals surface area (Å²) in [5.74, 6) is -0.230. The molecular formula is C17H14ClFN2. The Balaban J connectivity index is 2.02. The van der Waals surface area contributed by atoms with E-state index in [1.807, 2.05) is 37.3 Å². The minimum absolute atomic E-state index is 0.200. The van der Waals surface area contributed by atoms with Gasteiger partial charge in [0.05, 0.1) is 22.3 Å². The lowest BCUT2D eigenvalue weighted by Crippen LogP contribution is -2.09. The van der Waals surface area contributed by atoms with Crippen LogP contribution in [-0.4, -0.2) is 4.98 Å². The van der Waals surface area contributed by atoms with Crippen molar-refractivity contribution in [3.63, 3.8) is 0 Å². The Bertz CT molecular complexity index is 789. The van der Waals surface area contributed by atoms with Crippen molar-refractivity contribution in [1.29, 1.82) is 0 Å². The topological polar surface area (TPSA) is 24.9 Å². The maximum Gasteiger partial charge on any atom is 0.128 e. The first-order chi connectivity index (χ1) is 10.2. The summed E-state index contributed by atoms with van der Waals surface area (Å²) in [6.45, 7) is 1.91. The Morgan fingerprint density at radius 3 is 2.62 bits per heavy atom. The summed E-state index contributed by atoms with van der Waals surface area (Å²) >= 11 is 6.26. The van der Waals surface area contributed by atoms with E-state index in [0.29, 0.717) is 10.6 Å². The Labute approximate surface area is 127 Å². The fourth-order valence-corrected chi connectivity index (χ4v) is 2.59. The average molecular weight is 301 g/mol. The monoisotopic (exact) mass is 300 g/mol. The molecule has 1 atom stereocenters. The van der Waals surface area contributed by atoms with Crippen molar-refractivity contribution in [3.8, 4) is 0 Å². The lowest BCUT2D eigenvalue weighted by molar-refractivity contribution is 0.600. The van der Waals surface area contributed by atoms with Gasteiger partial charge >= 0.3 is 0 Å². The largest absolute Gasteiger partial charge is 0.377 e. The maximum atomic E-state index is 13.9. The molecule has 0 fully saturated rings. The van der Waals surface area contributed by atoms with E-state index in [4.69, 9.17) is 11.6 Å². The van der Waals surface area contributed by atoms with Crippen LogP contribution in [0.4, 0.5) is 10.1 Å². The third-order valence-corrected chi connectivity index (χ3v) is 3.75. The second-order valence-electron chi connectivity index (χ2n) is 4.89. The minimum atomic E-state index is -0.230. The number of pyridine rings is 1. The van der Waals surface area contributed by atoms with E-state index >= 15 is 0 Å². The molecule has 1 heterocycles. The summed E-state index contributed by atoms with van der Waals surface area (Å²) in [6.07, 6.45) is 1.61. The van der Waals surface area contributed by atoms with E-state index in [2.05, 4.69) is 10.3 Å². The number of aromatic nitrogens is 1. The van der Waals surface area contributed by atoms with Gasteiger partial charge in [-0.3, -0.25) is 4.98 Å². The number of fused-ring (bicyclic) bond motifs is 1. The first-order valence-electron chi connectivity index (χ1n) is 6.71. The third kappa shape index (κ3) is 2.69. The molecule has 0 amide bonds. The Kier molecular flexibility index (Phi) is 3.76. The van der Waals surface area contributed by atoms with Crippen molar-refractivity contribution in [2.45, 2.75) is 13.0 Å². The molecule has 2 aromatic carbocycles. The summed E-state index contributed by atoms with van der Waals surface area (Å²) in [5, 5.41) is 4.75. The highest BCUT2D eigenvalue weighted by atomic mass is 35.5. The van der Waals surface area contributed by atoms with Crippen molar-refractivity contribution < 1.29 is 4.39 Å². The highest BCUT2D eigenvalue weighted by molar-refractivity contribution is 6.34. The molecule has 0 bridgehead atoms. The van der Waals surface area contributed by atoms with Crippen LogP contribution in [0, 0.1) is 5.82 Å². The van der Waals surface area contributed by atoms with Crippen LogP contribution in [0.25, 0.3) is 10.9 Å². The summed E-state index contributed by atoms with van der Waals surface area (Å²) in [5.41, 5.74) is 2.23. The molecule has 0 saturated heterocycles. The van der Waals surface area contributed by atoms with Crippen LogP contribution in [0.1, 0.15) is 18.5 Å². The zero-order chi connectivity index (χ0) is 14.8. The number of para-hydroxylation sites is 1. The van der Waals surface area contributed by atoms with Gasteiger partial charge in [-0.2, -0.15) is 0 Å². The van der Waals surface area contributed by atoms with Crippen LogP contribution < -0.4 is 5.32 Å². The normalized spacial score (nSPS) is 12.3. The number of rotatable bonds is 3.